The number of furan rings is 1. The van der Waals surface area contributed by atoms with E-state index >= 15 is 0 Å². The molecule has 0 bridgehead atoms. The summed E-state index contributed by atoms with van der Waals surface area (Å²) in [5.41, 5.74) is 1.69. The normalized spacial score (nSPS) is 16.0. The number of amides is 1. The van der Waals surface area contributed by atoms with Crippen LogP contribution in [0.4, 0.5) is 0 Å². The summed E-state index contributed by atoms with van der Waals surface area (Å²) in [4.78, 5) is 32.5. The lowest BCUT2D eigenvalue weighted by atomic mass is 9.94. The van der Waals surface area contributed by atoms with Crippen LogP contribution in [0.15, 0.2) is 94.7 Å². The molecule has 0 radical (unpaired) electrons. The molecule has 5 rings (SSSR count). The Balaban J connectivity index is 1.63. The average molecular weight is 440 g/mol. The Morgan fingerprint density at radius 3 is 2.61 bits per heavy atom. The van der Waals surface area contributed by atoms with Crippen molar-refractivity contribution in [2.75, 3.05) is 7.11 Å². The first kappa shape index (κ1) is 20.5. The van der Waals surface area contributed by atoms with Crippen molar-refractivity contribution >= 4 is 22.7 Å². The van der Waals surface area contributed by atoms with Crippen LogP contribution in [0.1, 0.15) is 27.9 Å². The van der Waals surface area contributed by atoms with Gasteiger partial charge in [-0.1, -0.05) is 42.5 Å². The summed E-state index contributed by atoms with van der Waals surface area (Å²) in [5, 5.41) is 11.6. The number of rotatable bonds is 6. The van der Waals surface area contributed by atoms with Crippen LogP contribution >= 0.6 is 0 Å². The van der Waals surface area contributed by atoms with Crippen molar-refractivity contribution in [2.45, 2.75) is 12.6 Å². The number of para-hydroxylation sites is 2. The van der Waals surface area contributed by atoms with Crippen molar-refractivity contribution in [3.8, 4) is 5.75 Å². The highest BCUT2D eigenvalue weighted by Gasteiger charge is 2.45. The zero-order chi connectivity index (χ0) is 22.9. The molecule has 1 aliphatic heterocycles. The summed E-state index contributed by atoms with van der Waals surface area (Å²) >= 11 is 0. The highest BCUT2D eigenvalue weighted by atomic mass is 16.5. The predicted octanol–water partition coefficient (Wildman–Crippen LogP) is 4.61. The molecular formula is C26H20N2O5. The molecule has 0 saturated carbocycles. The lowest BCUT2D eigenvalue weighted by Gasteiger charge is -2.27. The average Bonchev–Trinajstić information content (AvgIpc) is 3.39. The molecule has 0 saturated heterocycles. The summed E-state index contributed by atoms with van der Waals surface area (Å²) in [7, 11) is 1.52. The van der Waals surface area contributed by atoms with E-state index in [-0.39, 0.29) is 17.9 Å². The number of methoxy groups -OCH3 is 1. The van der Waals surface area contributed by atoms with E-state index in [4.69, 9.17) is 9.15 Å². The van der Waals surface area contributed by atoms with Gasteiger partial charge in [-0.25, -0.2) is 0 Å². The third-order valence-electron chi connectivity index (χ3n) is 5.69. The molecule has 0 fully saturated rings. The Bertz CT molecular complexity index is 1360. The fraction of sp³-hybridized carbons (Fsp3) is 0.115. The van der Waals surface area contributed by atoms with Crippen LogP contribution in [0.3, 0.4) is 0 Å². The van der Waals surface area contributed by atoms with Crippen LogP contribution in [0.2, 0.25) is 0 Å². The van der Waals surface area contributed by atoms with E-state index in [0.717, 1.165) is 5.39 Å². The predicted molar refractivity (Wildman–Crippen MR) is 121 cm³/mol. The standard InChI is InChI=1S/C26H20N2O5/c1-32-20-12-5-3-10-18(20)23-22(24(29)21-14-16-8-2-4-11-19(16)33-21)25(30)26(31)28(23)15-17-9-6-7-13-27-17/h2-14,23,30H,15H2,1H3. The molecule has 7 nitrogen and oxygen atoms in total. The van der Waals surface area contributed by atoms with Gasteiger partial charge in [0, 0.05) is 17.1 Å². The quantitative estimate of drug-likeness (QED) is 0.440. The van der Waals surface area contributed by atoms with E-state index in [1.54, 1.807) is 54.7 Å². The Morgan fingerprint density at radius 2 is 1.85 bits per heavy atom. The zero-order valence-electron chi connectivity index (χ0n) is 17.8. The second-order valence-electron chi connectivity index (χ2n) is 7.64. The summed E-state index contributed by atoms with van der Waals surface area (Å²) in [6, 6.07) is 20.4. The topological polar surface area (TPSA) is 92.9 Å². The van der Waals surface area contributed by atoms with Crippen LogP contribution in [-0.4, -0.2) is 33.8 Å². The molecule has 0 spiro atoms. The van der Waals surface area contributed by atoms with Gasteiger partial charge in [0.05, 0.1) is 31.0 Å². The fourth-order valence-corrected chi connectivity index (χ4v) is 4.16. The van der Waals surface area contributed by atoms with Gasteiger partial charge < -0.3 is 19.2 Å². The van der Waals surface area contributed by atoms with Crippen molar-refractivity contribution in [2.24, 2.45) is 0 Å². The number of fused-ring (bicyclic) bond motifs is 1. The molecule has 4 aromatic rings. The van der Waals surface area contributed by atoms with Crippen molar-refractivity contribution in [1.82, 2.24) is 9.88 Å². The maximum absolute atomic E-state index is 13.6. The molecule has 1 aliphatic rings. The Kier molecular flexibility index (Phi) is 5.14. The summed E-state index contributed by atoms with van der Waals surface area (Å²) in [5.74, 6) is -1.28. The molecule has 2 aromatic heterocycles. The van der Waals surface area contributed by atoms with Crippen LogP contribution < -0.4 is 4.74 Å². The summed E-state index contributed by atoms with van der Waals surface area (Å²) in [6.07, 6.45) is 1.63. The van der Waals surface area contributed by atoms with Crippen molar-refractivity contribution in [3.05, 3.63) is 107 Å². The van der Waals surface area contributed by atoms with E-state index in [2.05, 4.69) is 4.98 Å². The number of carbonyl (C=O) groups is 2. The first-order valence-electron chi connectivity index (χ1n) is 10.4. The van der Waals surface area contributed by atoms with Gasteiger partial charge >= 0.3 is 0 Å². The minimum atomic E-state index is -0.878. The van der Waals surface area contributed by atoms with Crippen LogP contribution in [-0.2, 0) is 11.3 Å². The van der Waals surface area contributed by atoms with Crippen LogP contribution in [0.5, 0.6) is 5.75 Å². The third-order valence-corrected chi connectivity index (χ3v) is 5.69. The van der Waals surface area contributed by atoms with Gasteiger partial charge in [-0.15, -0.1) is 0 Å². The monoisotopic (exact) mass is 440 g/mol. The largest absolute Gasteiger partial charge is 0.503 e. The number of ether oxygens (including phenoxy) is 1. The summed E-state index contributed by atoms with van der Waals surface area (Å²) < 4.78 is 11.3. The van der Waals surface area contributed by atoms with Crippen molar-refractivity contribution < 1.29 is 23.8 Å². The van der Waals surface area contributed by atoms with E-state index in [9.17, 15) is 14.7 Å². The zero-order valence-corrected chi connectivity index (χ0v) is 17.8. The van der Waals surface area contributed by atoms with Gasteiger partial charge in [0.15, 0.2) is 11.5 Å². The smallest absolute Gasteiger partial charge is 0.290 e. The number of benzene rings is 2. The molecule has 164 valence electrons. The molecule has 1 amide bonds. The number of carbonyl (C=O) groups excluding carboxylic acids is 2. The van der Waals surface area contributed by atoms with E-state index < -0.39 is 23.5 Å². The van der Waals surface area contributed by atoms with Gasteiger partial charge in [-0.2, -0.15) is 0 Å². The first-order chi connectivity index (χ1) is 16.1. The van der Waals surface area contributed by atoms with Crippen molar-refractivity contribution in [3.63, 3.8) is 0 Å². The van der Waals surface area contributed by atoms with Gasteiger partial charge in [0.1, 0.15) is 11.3 Å². The molecular weight excluding hydrogens is 420 g/mol. The first-order valence-corrected chi connectivity index (χ1v) is 10.4. The molecule has 7 heteroatoms. The molecule has 3 heterocycles. The molecule has 1 atom stereocenters. The van der Waals surface area contributed by atoms with Crippen molar-refractivity contribution in [1.29, 1.82) is 0 Å². The Hall–Kier alpha value is -4.39. The highest BCUT2D eigenvalue weighted by molar-refractivity contribution is 6.16. The van der Waals surface area contributed by atoms with Gasteiger partial charge in [-0.05, 0) is 30.3 Å². The van der Waals surface area contributed by atoms with E-state index in [0.29, 0.717) is 22.6 Å². The Morgan fingerprint density at radius 1 is 1.09 bits per heavy atom. The molecule has 1 unspecified atom stereocenters. The van der Waals surface area contributed by atoms with Crippen LogP contribution in [0, 0.1) is 0 Å². The molecule has 1 N–H and O–H groups in total. The second-order valence-corrected chi connectivity index (χ2v) is 7.64. The van der Waals surface area contributed by atoms with Gasteiger partial charge in [-0.3, -0.25) is 14.6 Å². The maximum Gasteiger partial charge on any atom is 0.290 e. The third kappa shape index (κ3) is 3.53. The van der Waals surface area contributed by atoms with E-state index in [1.807, 2.05) is 24.3 Å². The van der Waals surface area contributed by atoms with Gasteiger partial charge in [0.25, 0.3) is 5.91 Å². The maximum atomic E-state index is 13.6. The number of ketones is 1. The van der Waals surface area contributed by atoms with Crippen LogP contribution in [0.25, 0.3) is 11.0 Å². The second kappa shape index (κ2) is 8.27. The number of aromatic nitrogens is 1. The summed E-state index contributed by atoms with van der Waals surface area (Å²) in [6.45, 7) is 0.101. The molecule has 2 aromatic carbocycles. The van der Waals surface area contributed by atoms with E-state index in [1.165, 1.54) is 12.0 Å². The fourth-order valence-electron chi connectivity index (χ4n) is 4.16. The number of hydrogen-bond acceptors (Lipinski definition) is 6. The highest BCUT2D eigenvalue weighted by Crippen LogP contribution is 2.43. The number of aliphatic hydroxyl groups excluding tert-OH is 1. The minimum absolute atomic E-state index is 0.0464. The minimum Gasteiger partial charge on any atom is -0.503 e. The van der Waals surface area contributed by atoms with Gasteiger partial charge in [0.2, 0.25) is 5.78 Å². The molecule has 33 heavy (non-hydrogen) atoms. The Labute approximate surface area is 189 Å². The number of hydrogen-bond donors (Lipinski definition) is 1. The number of pyridine rings is 1. The number of aliphatic hydroxyl groups is 1. The lowest BCUT2D eigenvalue weighted by Crippen LogP contribution is -2.31. The number of nitrogens with zero attached hydrogens (tertiary/aromatic N) is 2. The number of Topliss-reactive ketones (excluding diaryl/α,β-unsaturated/α-hetero) is 1. The SMILES string of the molecule is COc1ccccc1C1C(C(=O)c2cc3ccccc3o2)=C(O)C(=O)N1Cc1ccccn1. The lowest BCUT2D eigenvalue weighted by molar-refractivity contribution is -0.130. The molecule has 0 aliphatic carbocycles.